The number of nitrogens with zero attached hydrogens (tertiary/aromatic N) is 5. The summed E-state index contributed by atoms with van der Waals surface area (Å²) in [5.41, 5.74) is 1.07. The second-order valence-corrected chi connectivity index (χ2v) is 5.73. The third-order valence-corrected chi connectivity index (χ3v) is 4.25. The lowest BCUT2D eigenvalue weighted by atomic mass is 10.2. The number of esters is 1. The van der Waals surface area contributed by atoms with Gasteiger partial charge in [0.1, 0.15) is 0 Å². The Balaban J connectivity index is 1.76. The smallest absolute Gasteiger partial charge is 0.339 e. The molecule has 1 aromatic carbocycles. The number of hydrogen-bond donors (Lipinski definition) is 1. The summed E-state index contributed by atoms with van der Waals surface area (Å²) >= 11 is 0. The Labute approximate surface area is 146 Å². The highest BCUT2D eigenvalue weighted by Crippen LogP contribution is 2.21. The Kier molecular flexibility index (Phi) is 5.39. The van der Waals surface area contributed by atoms with Crippen molar-refractivity contribution in [3.8, 4) is 0 Å². The second-order valence-electron chi connectivity index (χ2n) is 5.73. The SMILES string of the molecule is CCN1CCN(c2nncc(Nc3ccccc3C(=O)OC)n2)CC1. The molecule has 1 saturated heterocycles. The Morgan fingerprint density at radius 2 is 2.00 bits per heavy atom. The van der Waals surface area contributed by atoms with Gasteiger partial charge in [0.05, 0.1) is 24.6 Å². The molecule has 1 fully saturated rings. The number of para-hydroxylation sites is 1. The third-order valence-electron chi connectivity index (χ3n) is 4.25. The Bertz CT molecular complexity index is 731. The molecule has 1 aromatic heterocycles. The largest absolute Gasteiger partial charge is 0.465 e. The molecular weight excluding hydrogens is 320 g/mol. The van der Waals surface area contributed by atoms with Gasteiger partial charge in [-0.1, -0.05) is 19.1 Å². The molecular formula is C17H22N6O2. The van der Waals surface area contributed by atoms with Crippen LogP contribution in [0.25, 0.3) is 0 Å². The third kappa shape index (κ3) is 4.03. The summed E-state index contributed by atoms with van der Waals surface area (Å²) in [4.78, 5) is 20.9. The fourth-order valence-corrected chi connectivity index (χ4v) is 2.77. The fourth-order valence-electron chi connectivity index (χ4n) is 2.77. The molecule has 0 radical (unpaired) electrons. The van der Waals surface area contributed by atoms with Crippen LogP contribution in [0.5, 0.6) is 0 Å². The number of nitrogens with one attached hydrogen (secondary N) is 1. The van der Waals surface area contributed by atoms with Gasteiger partial charge in [0, 0.05) is 26.2 Å². The lowest BCUT2D eigenvalue weighted by molar-refractivity contribution is 0.0602. The van der Waals surface area contributed by atoms with Crippen molar-refractivity contribution >= 4 is 23.4 Å². The lowest BCUT2D eigenvalue weighted by Crippen LogP contribution is -2.46. The molecule has 0 atom stereocenters. The molecule has 8 nitrogen and oxygen atoms in total. The highest BCUT2D eigenvalue weighted by Gasteiger charge is 2.19. The van der Waals surface area contributed by atoms with Crippen molar-refractivity contribution in [3.63, 3.8) is 0 Å². The number of piperazine rings is 1. The first-order chi connectivity index (χ1) is 12.2. The van der Waals surface area contributed by atoms with Crippen molar-refractivity contribution in [3.05, 3.63) is 36.0 Å². The van der Waals surface area contributed by atoms with Gasteiger partial charge < -0.3 is 19.9 Å². The van der Waals surface area contributed by atoms with Crippen LogP contribution in [-0.4, -0.2) is 65.9 Å². The molecule has 0 spiro atoms. The predicted octanol–water partition coefficient (Wildman–Crippen LogP) is 1.54. The first kappa shape index (κ1) is 17.1. The Morgan fingerprint density at radius 3 is 2.72 bits per heavy atom. The number of carbonyl (C=O) groups excluding carboxylic acids is 1. The first-order valence-electron chi connectivity index (χ1n) is 8.32. The topological polar surface area (TPSA) is 83.5 Å². The molecule has 0 unspecified atom stereocenters. The van der Waals surface area contributed by atoms with E-state index in [1.807, 2.05) is 6.07 Å². The van der Waals surface area contributed by atoms with E-state index in [1.165, 1.54) is 7.11 Å². The summed E-state index contributed by atoms with van der Waals surface area (Å²) in [7, 11) is 1.36. The van der Waals surface area contributed by atoms with Crippen LogP contribution in [0.4, 0.5) is 17.5 Å². The van der Waals surface area contributed by atoms with E-state index in [9.17, 15) is 4.79 Å². The van der Waals surface area contributed by atoms with Crippen molar-refractivity contribution in [1.82, 2.24) is 20.1 Å². The van der Waals surface area contributed by atoms with Crippen molar-refractivity contribution in [2.45, 2.75) is 6.92 Å². The maximum Gasteiger partial charge on any atom is 0.339 e. The number of anilines is 3. The quantitative estimate of drug-likeness (QED) is 0.820. The van der Waals surface area contributed by atoms with E-state index in [2.05, 4.69) is 37.2 Å². The van der Waals surface area contributed by atoms with Crippen LogP contribution in [0.3, 0.4) is 0 Å². The molecule has 25 heavy (non-hydrogen) atoms. The number of likely N-dealkylation sites (N-methyl/N-ethyl adjacent to an activating group) is 1. The van der Waals surface area contributed by atoms with Crippen LogP contribution < -0.4 is 10.2 Å². The minimum absolute atomic E-state index is 0.402. The zero-order chi connectivity index (χ0) is 17.6. The first-order valence-corrected chi connectivity index (χ1v) is 8.32. The number of hydrogen-bond acceptors (Lipinski definition) is 8. The number of aromatic nitrogens is 3. The maximum atomic E-state index is 11.9. The van der Waals surface area contributed by atoms with E-state index < -0.39 is 5.97 Å². The monoisotopic (exact) mass is 342 g/mol. The van der Waals surface area contributed by atoms with E-state index in [4.69, 9.17) is 4.74 Å². The summed E-state index contributed by atoms with van der Waals surface area (Å²) in [6.07, 6.45) is 1.54. The van der Waals surface area contributed by atoms with E-state index in [-0.39, 0.29) is 0 Å². The molecule has 1 aliphatic rings. The zero-order valence-corrected chi connectivity index (χ0v) is 14.5. The summed E-state index contributed by atoms with van der Waals surface area (Å²) in [6.45, 7) is 6.94. The normalized spacial score (nSPS) is 15.0. The zero-order valence-electron chi connectivity index (χ0n) is 14.5. The van der Waals surface area contributed by atoms with Gasteiger partial charge in [-0.3, -0.25) is 0 Å². The molecule has 1 aliphatic heterocycles. The maximum absolute atomic E-state index is 11.9. The van der Waals surface area contributed by atoms with Gasteiger partial charge in [0.2, 0.25) is 5.95 Å². The minimum Gasteiger partial charge on any atom is -0.465 e. The Hall–Kier alpha value is -2.74. The highest BCUT2D eigenvalue weighted by molar-refractivity contribution is 5.96. The van der Waals surface area contributed by atoms with Crippen LogP contribution in [0, 0.1) is 0 Å². The molecule has 2 aromatic rings. The molecule has 3 rings (SSSR count). The number of ether oxygens (including phenoxy) is 1. The van der Waals surface area contributed by atoms with E-state index >= 15 is 0 Å². The van der Waals surface area contributed by atoms with Gasteiger partial charge in [-0.15, -0.1) is 5.10 Å². The van der Waals surface area contributed by atoms with E-state index in [0.717, 1.165) is 32.7 Å². The summed E-state index contributed by atoms with van der Waals surface area (Å²) in [5, 5.41) is 11.3. The van der Waals surface area contributed by atoms with Gasteiger partial charge >= 0.3 is 5.97 Å². The van der Waals surface area contributed by atoms with Crippen LogP contribution in [-0.2, 0) is 4.74 Å². The minimum atomic E-state index is -0.402. The second kappa shape index (κ2) is 7.89. The number of benzene rings is 1. The van der Waals surface area contributed by atoms with Crippen LogP contribution in [0.2, 0.25) is 0 Å². The number of carbonyl (C=O) groups is 1. The van der Waals surface area contributed by atoms with Crippen molar-refractivity contribution < 1.29 is 9.53 Å². The molecule has 132 valence electrons. The fraction of sp³-hybridized carbons (Fsp3) is 0.412. The van der Waals surface area contributed by atoms with Crippen LogP contribution in [0.15, 0.2) is 30.5 Å². The molecule has 0 aliphatic carbocycles. The average molecular weight is 342 g/mol. The van der Waals surface area contributed by atoms with Crippen molar-refractivity contribution in [1.29, 1.82) is 0 Å². The van der Waals surface area contributed by atoms with E-state index in [0.29, 0.717) is 23.0 Å². The van der Waals surface area contributed by atoms with Crippen molar-refractivity contribution in [2.75, 3.05) is 50.1 Å². The highest BCUT2D eigenvalue weighted by atomic mass is 16.5. The van der Waals surface area contributed by atoms with Gasteiger partial charge in [0.15, 0.2) is 5.82 Å². The lowest BCUT2D eigenvalue weighted by Gasteiger charge is -2.33. The molecule has 1 N–H and O–H groups in total. The van der Waals surface area contributed by atoms with Gasteiger partial charge in [-0.05, 0) is 18.7 Å². The van der Waals surface area contributed by atoms with E-state index in [1.54, 1.807) is 24.4 Å². The summed E-state index contributed by atoms with van der Waals surface area (Å²) in [5.74, 6) is 0.733. The van der Waals surface area contributed by atoms with Crippen molar-refractivity contribution in [2.24, 2.45) is 0 Å². The molecule has 8 heteroatoms. The van der Waals surface area contributed by atoms with Crippen LogP contribution >= 0.6 is 0 Å². The molecule has 2 heterocycles. The summed E-state index contributed by atoms with van der Waals surface area (Å²) in [6, 6.07) is 7.13. The van der Waals surface area contributed by atoms with Gasteiger partial charge in [-0.25, -0.2) is 4.79 Å². The average Bonchev–Trinajstić information content (AvgIpc) is 2.68. The summed E-state index contributed by atoms with van der Waals surface area (Å²) < 4.78 is 4.81. The molecule has 0 saturated carbocycles. The standard InChI is InChI=1S/C17H22N6O2/c1-3-22-8-10-23(11-9-22)17-20-15(12-18-21-17)19-14-7-5-4-6-13(14)16(24)25-2/h4-7,12H,3,8-11H2,1-2H3,(H,19,20,21). The molecule has 0 amide bonds. The van der Waals surface area contributed by atoms with Gasteiger partial charge in [0.25, 0.3) is 0 Å². The predicted molar refractivity (Wildman–Crippen MR) is 95.2 cm³/mol. The number of rotatable bonds is 5. The van der Waals surface area contributed by atoms with Gasteiger partial charge in [-0.2, -0.15) is 10.1 Å². The number of methoxy groups -OCH3 is 1. The Morgan fingerprint density at radius 1 is 1.24 bits per heavy atom. The van der Waals surface area contributed by atoms with Crippen LogP contribution in [0.1, 0.15) is 17.3 Å². The molecule has 0 bridgehead atoms.